The summed E-state index contributed by atoms with van der Waals surface area (Å²) in [5, 5.41) is 0. The van der Waals surface area contributed by atoms with Crippen LogP contribution in [0.3, 0.4) is 0 Å². The predicted molar refractivity (Wildman–Crippen MR) is 40.8 cm³/mol. The van der Waals surface area contributed by atoms with Gasteiger partial charge in [-0.25, -0.2) is 0 Å². The maximum Gasteiger partial charge on any atom is 0.129 e. The van der Waals surface area contributed by atoms with Gasteiger partial charge in [-0.2, -0.15) is 0 Å². The van der Waals surface area contributed by atoms with Crippen LogP contribution in [-0.4, -0.2) is 12.3 Å². The Kier molecular flexibility index (Phi) is 10.3. The summed E-state index contributed by atoms with van der Waals surface area (Å²) in [6.45, 7) is 2.31. The monoisotopic (exact) mass is 151 g/mol. The summed E-state index contributed by atoms with van der Waals surface area (Å²) in [4.78, 5) is 10.3. The number of carbonyl (C=O) groups excluding carboxylic acids is 1. The fraction of sp³-hybridized carbons (Fsp3) is 0.833. The van der Waals surface area contributed by atoms with Gasteiger partial charge < -0.3 is 10.5 Å². The van der Waals surface area contributed by atoms with Crippen LogP contribution in [0.1, 0.15) is 26.2 Å². The zero-order chi connectivity index (χ0) is 6.41. The number of ketones is 1. The number of unbranched alkanes of at least 4 members (excludes halogenated alkanes) is 1. The molecule has 56 valence electrons. The van der Waals surface area contributed by atoms with Crippen LogP contribution in [0.5, 0.6) is 0 Å². The van der Waals surface area contributed by atoms with E-state index in [-0.39, 0.29) is 18.2 Å². The average molecular weight is 152 g/mol. The summed E-state index contributed by atoms with van der Waals surface area (Å²) in [5.74, 6) is 0.262. The van der Waals surface area contributed by atoms with Crippen molar-refractivity contribution in [2.45, 2.75) is 26.2 Å². The fourth-order valence-electron chi connectivity index (χ4n) is 0.518. The molecule has 0 saturated heterocycles. The minimum atomic E-state index is 0. The Labute approximate surface area is 62.2 Å². The van der Waals surface area contributed by atoms with E-state index in [0.29, 0.717) is 13.0 Å². The fourth-order valence-corrected chi connectivity index (χ4v) is 0.518. The molecule has 0 aromatic rings. The van der Waals surface area contributed by atoms with Crippen LogP contribution in [-0.2, 0) is 4.79 Å². The molecule has 0 aliphatic heterocycles. The lowest BCUT2D eigenvalue weighted by atomic mass is 10.2. The molecule has 0 aromatic carbocycles. The number of Topliss-reactive ketones (excluding diaryl/α,β-unsaturated/α-hetero) is 1. The zero-order valence-electron chi connectivity index (χ0n) is 5.72. The van der Waals surface area contributed by atoms with Crippen LogP contribution in [0.25, 0.3) is 0 Å². The highest BCUT2D eigenvalue weighted by atomic mass is 35.5. The topological polar surface area (TPSA) is 43.1 Å². The SMILES string of the molecule is CC(=O)CCCCN.Cl. The molecule has 9 heavy (non-hydrogen) atoms. The molecule has 0 atom stereocenters. The first-order valence-electron chi connectivity index (χ1n) is 2.97. The highest BCUT2D eigenvalue weighted by Crippen LogP contribution is 1.92. The molecule has 2 nitrogen and oxygen atoms in total. The van der Waals surface area contributed by atoms with Gasteiger partial charge >= 0.3 is 0 Å². The molecule has 0 bridgehead atoms. The second kappa shape index (κ2) is 7.92. The zero-order valence-corrected chi connectivity index (χ0v) is 6.54. The minimum absolute atomic E-state index is 0. The third kappa shape index (κ3) is 11.5. The number of hydrogen-bond donors (Lipinski definition) is 1. The van der Waals surface area contributed by atoms with Gasteiger partial charge in [0.2, 0.25) is 0 Å². The minimum Gasteiger partial charge on any atom is -0.330 e. The van der Waals surface area contributed by atoms with E-state index in [1.54, 1.807) is 6.92 Å². The molecule has 2 N–H and O–H groups in total. The first-order valence-corrected chi connectivity index (χ1v) is 2.97. The number of hydrogen-bond acceptors (Lipinski definition) is 2. The van der Waals surface area contributed by atoms with E-state index in [1.807, 2.05) is 0 Å². The van der Waals surface area contributed by atoms with Crippen LogP contribution in [0.4, 0.5) is 0 Å². The van der Waals surface area contributed by atoms with Gasteiger partial charge in [0.25, 0.3) is 0 Å². The molecule has 3 heteroatoms. The van der Waals surface area contributed by atoms with Gasteiger partial charge in [-0.1, -0.05) is 0 Å². The Hall–Kier alpha value is -0.0800. The Balaban J connectivity index is 0. The lowest BCUT2D eigenvalue weighted by Gasteiger charge is -1.90. The smallest absolute Gasteiger partial charge is 0.129 e. The largest absolute Gasteiger partial charge is 0.330 e. The molecule has 0 aromatic heterocycles. The van der Waals surface area contributed by atoms with Crippen molar-refractivity contribution in [3.05, 3.63) is 0 Å². The summed E-state index contributed by atoms with van der Waals surface area (Å²) >= 11 is 0. The number of carbonyl (C=O) groups is 1. The quantitative estimate of drug-likeness (QED) is 0.613. The van der Waals surface area contributed by atoms with Crippen molar-refractivity contribution in [2.24, 2.45) is 5.73 Å². The van der Waals surface area contributed by atoms with Gasteiger partial charge in [0.05, 0.1) is 0 Å². The maximum atomic E-state index is 10.3. The Morgan fingerprint density at radius 3 is 2.33 bits per heavy atom. The summed E-state index contributed by atoms with van der Waals surface area (Å²) in [7, 11) is 0. The molecule has 0 fully saturated rings. The molecule has 0 spiro atoms. The van der Waals surface area contributed by atoms with Crippen molar-refractivity contribution in [1.82, 2.24) is 0 Å². The van der Waals surface area contributed by atoms with E-state index >= 15 is 0 Å². The van der Waals surface area contributed by atoms with Gasteiger partial charge in [0.15, 0.2) is 0 Å². The molecule has 0 saturated carbocycles. The summed E-state index contributed by atoms with van der Waals surface area (Å²) < 4.78 is 0. The highest BCUT2D eigenvalue weighted by molar-refractivity contribution is 5.85. The first-order chi connectivity index (χ1) is 3.77. The van der Waals surface area contributed by atoms with Gasteiger partial charge in [-0.05, 0) is 26.3 Å². The highest BCUT2D eigenvalue weighted by Gasteiger charge is 1.89. The van der Waals surface area contributed by atoms with E-state index in [0.717, 1.165) is 12.8 Å². The molecule has 0 unspecified atom stereocenters. The summed E-state index contributed by atoms with van der Waals surface area (Å²) in [5.41, 5.74) is 5.20. The molecule has 0 heterocycles. The third-order valence-corrected chi connectivity index (χ3v) is 0.983. The van der Waals surface area contributed by atoms with E-state index < -0.39 is 0 Å². The van der Waals surface area contributed by atoms with Gasteiger partial charge in [0.1, 0.15) is 5.78 Å². The van der Waals surface area contributed by atoms with Crippen molar-refractivity contribution in [3.8, 4) is 0 Å². The molecule has 0 amide bonds. The van der Waals surface area contributed by atoms with Crippen molar-refractivity contribution < 1.29 is 4.79 Å². The maximum absolute atomic E-state index is 10.3. The lowest BCUT2D eigenvalue weighted by Crippen LogP contribution is -1.99. The Morgan fingerprint density at radius 1 is 1.44 bits per heavy atom. The standard InChI is InChI=1S/C6H13NO.ClH/c1-6(8)4-2-3-5-7;/h2-5,7H2,1H3;1H. The van der Waals surface area contributed by atoms with Crippen molar-refractivity contribution in [2.75, 3.05) is 6.54 Å². The predicted octanol–water partition coefficient (Wildman–Crippen LogP) is 1.13. The Bertz CT molecular complexity index is 75.5. The summed E-state index contributed by atoms with van der Waals surface area (Å²) in [6, 6.07) is 0. The number of halogens is 1. The van der Waals surface area contributed by atoms with Crippen LogP contribution in [0.2, 0.25) is 0 Å². The van der Waals surface area contributed by atoms with E-state index in [2.05, 4.69) is 0 Å². The van der Waals surface area contributed by atoms with Crippen molar-refractivity contribution in [1.29, 1.82) is 0 Å². The van der Waals surface area contributed by atoms with Gasteiger partial charge in [-0.15, -0.1) is 12.4 Å². The van der Waals surface area contributed by atoms with Gasteiger partial charge in [0, 0.05) is 6.42 Å². The van der Waals surface area contributed by atoms with E-state index in [4.69, 9.17) is 5.73 Å². The third-order valence-electron chi connectivity index (χ3n) is 0.983. The first kappa shape index (κ1) is 11.7. The van der Waals surface area contributed by atoms with Crippen molar-refractivity contribution >= 4 is 18.2 Å². The normalized spacial score (nSPS) is 8.22. The van der Waals surface area contributed by atoms with E-state index in [9.17, 15) is 4.79 Å². The number of nitrogens with two attached hydrogens (primary N) is 1. The van der Waals surface area contributed by atoms with Crippen molar-refractivity contribution in [3.63, 3.8) is 0 Å². The van der Waals surface area contributed by atoms with Crippen LogP contribution in [0, 0.1) is 0 Å². The average Bonchev–Trinajstić information content (AvgIpc) is 1.66. The lowest BCUT2D eigenvalue weighted by molar-refractivity contribution is -0.117. The van der Waals surface area contributed by atoms with Crippen LogP contribution in [0.15, 0.2) is 0 Å². The number of rotatable bonds is 4. The van der Waals surface area contributed by atoms with Crippen LogP contribution >= 0.6 is 12.4 Å². The second-order valence-corrected chi connectivity index (χ2v) is 1.95. The second-order valence-electron chi connectivity index (χ2n) is 1.95. The van der Waals surface area contributed by atoms with Gasteiger partial charge in [-0.3, -0.25) is 0 Å². The van der Waals surface area contributed by atoms with E-state index in [1.165, 1.54) is 0 Å². The molecular weight excluding hydrogens is 138 g/mol. The Morgan fingerprint density at radius 2 is 2.00 bits per heavy atom. The molecular formula is C6H14ClNO. The molecule has 0 radical (unpaired) electrons. The van der Waals surface area contributed by atoms with Crippen LogP contribution < -0.4 is 5.73 Å². The molecule has 0 aliphatic carbocycles. The summed E-state index contributed by atoms with van der Waals surface area (Å²) in [6.07, 6.45) is 2.61. The molecule has 0 rings (SSSR count). The molecule has 0 aliphatic rings.